The molecule has 0 saturated heterocycles. The molecule has 0 rings (SSSR count). The second-order valence-electron chi connectivity index (χ2n) is 4.19. The van der Waals surface area contributed by atoms with Crippen molar-refractivity contribution in [3.8, 4) is 11.8 Å². The number of alkyl halides is 3. The molecule has 0 aliphatic heterocycles. The molecule has 0 unspecified atom stereocenters. The Balaban J connectivity index is 4.55. The first-order valence-corrected chi connectivity index (χ1v) is 6.66. The fourth-order valence-corrected chi connectivity index (χ4v) is 1.27. The molecule has 0 spiro atoms. The average molecular weight is 313 g/mol. The zero-order valence-electron chi connectivity index (χ0n) is 12.5. The molecule has 0 aliphatic carbocycles. The molecule has 1 amide bonds. The molecular formula is C16H18F3NO2. The van der Waals surface area contributed by atoms with Gasteiger partial charge in [-0.05, 0) is 18.6 Å². The van der Waals surface area contributed by atoms with E-state index in [9.17, 15) is 22.8 Å². The van der Waals surface area contributed by atoms with Crippen molar-refractivity contribution in [2.45, 2.75) is 32.9 Å². The Hall–Kier alpha value is -2.29. The summed E-state index contributed by atoms with van der Waals surface area (Å²) in [6.45, 7) is 6.59. The molecule has 0 aromatic carbocycles. The summed E-state index contributed by atoms with van der Waals surface area (Å²) >= 11 is 0. The Kier molecular flexibility index (Phi) is 8.61. The third-order valence-corrected chi connectivity index (χ3v) is 2.38. The van der Waals surface area contributed by atoms with Crippen LogP contribution >= 0.6 is 0 Å². The maximum absolute atomic E-state index is 12.6. The highest BCUT2D eigenvalue weighted by Gasteiger charge is 2.31. The van der Waals surface area contributed by atoms with Crippen LogP contribution in [0.2, 0.25) is 0 Å². The molecule has 0 bridgehead atoms. The minimum Gasteiger partial charge on any atom is -0.339 e. The van der Waals surface area contributed by atoms with Gasteiger partial charge < -0.3 is 5.32 Å². The summed E-state index contributed by atoms with van der Waals surface area (Å²) in [5, 5.41) is 2.28. The highest BCUT2D eigenvalue weighted by atomic mass is 19.4. The van der Waals surface area contributed by atoms with Crippen molar-refractivity contribution < 1.29 is 22.8 Å². The molecule has 0 saturated carbocycles. The van der Waals surface area contributed by atoms with Crippen LogP contribution in [0.4, 0.5) is 13.2 Å². The number of hydrogen-bond donors (Lipinski definition) is 1. The zero-order chi connectivity index (χ0) is 17.2. The van der Waals surface area contributed by atoms with Gasteiger partial charge in [-0.25, -0.2) is 0 Å². The summed E-state index contributed by atoms with van der Waals surface area (Å²) in [6, 6.07) is 0. The molecule has 0 fully saturated rings. The molecule has 0 atom stereocenters. The Morgan fingerprint density at radius 3 is 2.36 bits per heavy atom. The van der Waals surface area contributed by atoms with Crippen LogP contribution in [0.5, 0.6) is 0 Å². The lowest BCUT2D eigenvalue weighted by atomic mass is 10.1. The van der Waals surface area contributed by atoms with Crippen LogP contribution < -0.4 is 5.32 Å². The fraction of sp³-hybridized carbons (Fsp3) is 0.375. The van der Waals surface area contributed by atoms with Crippen LogP contribution in [0, 0.1) is 11.8 Å². The molecule has 0 radical (unpaired) electrons. The molecule has 0 aromatic heterocycles. The van der Waals surface area contributed by atoms with Gasteiger partial charge in [0.2, 0.25) is 5.78 Å². The lowest BCUT2D eigenvalue weighted by molar-refractivity contribution is -0.137. The van der Waals surface area contributed by atoms with Crippen molar-refractivity contribution in [3.05, 3.63) is 36.0 Å². The first kappa shape index (κ1) is 19.7. The highest BCUT2D eigenvalue weighted by molar-refractivity contribution is 6.36. The minimum atomic E-state index is -4.42. The summed E-state index contributed by atoms with van der Waals surface area (Å²) in [4.78, 5) is 22.1. The van der Waals surface area contributed by atoms with Gasteiger partial charge in [0.15, 0.2) is 0 Å². The van der Waals surface area contributed by atoms with E-state index in [2.05, 4.69) is 23.7 Å². The van der Waals surface area contributed by atoms with Crippen LogP contribution in [-0.4, -0.2) is 24.4 Å². The topological polar surface area (TPSA) is 46.2 Å². The van der Waals surface area contributed by atoms with Crippen molar-refractivity contribution in [1.29, 1.82) is 0 Å². The third kappa shape index (κ3) is 8.10. The van der Waals surface area contributed by atoms with Gasteiger partial charge in [0.25, 0.3) is 5.91 Å². The normalized spacial score (nSPS) is 11.8. The molecule has 3 nitrogen and oxygen atoms in total. The number of ketones is 1. The van der Waals surface area contributed by atoms with E-state index in [1.165, 1.54) is 0 Å². The SMILES string of the molecule is C=C(C#CCNC(=O)C(=O)CC)/C=C\C(=C/CC)C(F)(F)F. The molecular weight excluding hydrogens is 295 g/mol. The second-order valence-corrected chi connectivity index (χ2v) is 4.19. The van der Waals surface area contributed by atoms with Crippen LogP contribution in [-0.2, 0) is 9.59 Å². The van der Waals surface area contributed by atoms with E-state index >= 15 is 0 Å². The summed E-state index contributed by atoms with van der Waals surface area (Å²) in [6.07, 6.45) is -0.948. The van der Waals surface area contributed by atoms with Crippen LogP contribution in [0.15, 0.2) is 36.0 Å². The molecule has 6 heteroatoms. The number of allylic oxidation sites excluding steroid dienone is 5. The Morgan fingerprint density at radius 2 is 1.86 bits per heavy atom. The van der Waals surface area contributed by atoms with Gasteiger partial charge in [0.05, 0.1) is 12.1 Å². The number of halogens is 3. The van der Waals surface area contributed by atoms with Crippen LogP contribution in [0.1, 0.15) is 26.7 Å². The van der Waals surface area contributed by atoms with E-state index < -0.39 is 23.4 Å². The predicted molar refractivity (Wildman–Crippen MR) is 78.8 cm³/mol. The lowest BCUT2D eigenvalue weighted by Gasteiger charge is -2.06. The second kappa shape index (κ2) is 9.61. The first-order chi connectivity index (χ1) is 10.2. The Morgan fingerprint density at radius 1 is 1.23 bits per heavy atom. The quantitative estimate of drug-likeness (QED) is 0.465. The Bertz CT molecular complexity index is 546. The first-order valence-electron chi connectivity index (χ1n) is 6.66. The van der Waals surface area contributed by atoms with E-state index in [0.717, 1.165) is 18.2 Å². The summed E-state index contributed by atoms with van der Waals surface area (Å²) in [5.41, 5.74) is -0.595. The van der Waals surface area contributed by atoms with E-state index in [1.54, 1.807) is 13.8 Å². The summed E-state index contributed by atoms with van der Waals surface area (Å²) in [7, 11) is 0. The predicted octanol–water partition coefficient (Wildman–Crippen LogP) is 3.10. The van der Waals surface area contributed by atoms with Gasteiger partial charge in [-0.3, -0.25) is 9.59 Å². The monoisotopic (exact) mass is 313 g/mol. The van der Waals surface area contributed by atoms with Gasteiger partial charge in [0, 0.05) is 12.0 Å². The summed E-state index contributed by atoms with van der Waals surface area (Å²) < 4.78 is 37.8. The standard InChI is InChI=1S/C16H18F3NO2/c1-4-7-13(16(17,18)19)10-9-12(3)8-6-11-20-15(22)14(21)5-2/h7,9-10H,3-5,11H2,1-2H3,(H,20,22)/b10-9-,13-7+. The van der Waals surface area contributed by atoms with Gasteiger partial charge >= 0.3 is 6.18 Å². The van der Waals surface area contributed by atoms with Gasteiger partial charge in [-0.2, -0.15) is 13.2 Å². The minimum absolute atomic E-state index is 0.0750. The number of amides is 1. The van der Waals surface area contributed by atoms with E-state index in [1.807, 2.05) is 0 Å². The van der Waals surface area contributed by atoms with E-state index in [4.69, 9.17) is 0 Å². The summed E-state index contributed by atoms with van der Waals surface area (Å²) in [5.74, 6) is 3.71. The van der Waals surface area contributed by atoms with E-state index in [0.29, 0.717) is 0 Å². The number of rotatable bonds is 6. The van der Waals surface area contributed by atoms with Gasteiger partial charge in [-0.1, -0.05) is 38.3 Å². The zero-order valence-corrected chi connectivity index (χ0v) is 12.5. The largest absolute Gasteiger partial charge is 0.416 e. The average Bonchev–Trinajstić information content (AvgIpc) is 2.45. The number of carbonyl (C=O) groups is 2. The molecule has 0 aliphatic rings. The molecule has 1 N–H and O–H groups in total. The smallest absolute Gasteiger partial charge is 0.339 e. The molecule has 0 aromatic rings. The number of Topliss-reactive ketones (excluding diaryl/α,β-unsaturated/α-hetero) is 1. The fourth-order valence-electron chi connectivity index (χ4n) is 1.27. The molecule has 120 valence electrons. The number of carbonyl (C=O) groups excluding carboxylic acids is 2. The van der Waals surface area contributed by atoms with Crippen molar-refractivity contribution in [2.24, 2.45) is 0 Å². The van der Waals surface area contributed by atoms with Crippen molar-refractivity contribution in [2.75, 3.05) is 6.54 Å². The molecule has 22 heavy (non-hydrogen) atoms. The Labute approximate surface area is 128 Å². The highest BCUT2D eigenvalue weighted by Crippen LogP contribution is 2.27. The number of nitrogens with one attached hydrogen (secondary N) is 1. The molecule has 0 heterocycles. The number of hydrogen-bond acceptors (Lipinski definition) is 2. The van der Waals surface area contributed by atoms with Crippen LogP contribution in [0.3, 0.4) is 0 Å². The maximum atomic E-state index is 12.6. The van der Waals surface area contributed by atoms with Crippen molar-refractivity contribution in [1.82, 2.24) is 5.32 Å². The van der Waals surface area contributed by atoms with E-state index in [-0.39, 0.29) is 25.0 Å². The third-order valence-electron chi connectivity index (χ3n) is 2.38. The van der Waals surface area contributed by atoms with Crippen molar-refractivity contribution >= 4 is 11.7 Å². The lowest BCUT2D eigenvalue weighted by Crippen LogP contribution is -2.30. The van der Waals surface area contributed by atoms with Crippen molar-refractivity contribution in [3.63, 3.8) is 0 Å². The van der Waals surface area contributed by atoms with Crippen LogP contribution in [0.25, 0.3) is 0 Å². The maximum Gasteiger partial charge on any atom is 0.416 e. The van der Waals surface area contributed by atoms with Gasteiger partial charge in [-0.15, -0.1) is 0 Å². The van der Waals surface area contributed by atoms with Gasteiger partial charge in [0.1, 0.15) is 0 Å².